The predicted molar refractivity (Wildman–Crippen MR) is 137 cm³/mol. The van der Waals surface area contributed by atoms with Crippen molar-refractivity contribution in [2.75, 3.05) is 44.2 Å². The Morgan fingerprint density at radius 2 is 1.64 bits per heavy atom. The molecule has 2 aromatic carbocycles. The second kappa shape index (κ2) is 11.0. The number of benzene rings is 2. The molecule has 33 heavy (non-hydrogen) atoms. The van der Waals surface area contributed by atoms with E-state index in [4.69, 9.17) is 0 Å². The molecule has 0 N–H and O–H groups in total. The van der Waals surface area contributed by atoms with Gasteiger partial charge in [0.2, 0.25) is 5.91 Å². The van der Waals surface area contributed by atoms with Gasteiger partial charge < -0.3 is 9.80 Å². The highest BCUT2D eigenvalue weighted by Gasteiger charge is 2.33. The van der Waals surface area contributed by atoms with Gasteiger partial charge in [-0.3, -0.25) is 14.5 Å². The van der Waals surface area contributed by atoms with E-state index in [1.807, 2.05) is 17.0 Å². The van der Waals surface area contributed by atoms with Gasteiger partial charge in [-0.1, -0.05) is 24.3 Å². The number of hydrogen-bond acceptors (Lipinski definition) is 4. The number of rotatable bonds is 6. The molecule has 0 unspecified atom stereocenters. The van der Waals surface area contributed by atoms with Crippen LogP contribution in [0.1, 0.15) is 45.5 Å². The number of amides is 1. The Kier molecular flexibility index (Phi) is 8.57. The summed E-state index contributed by atoms with van der Waals surface area (Å²) in [6.45, 7) is 8.93. The van der Waals surface area contributed by atoms with Crippen molar-refractivity contribution in [3.63, 3.8) is 0 Å². The highest BCUT2D eigenvalue weighted by Crippen LogP contribution is 2.37. The number of ketones is 1. The van der Waals surface area contributed by atoms with Crippen molar-refractivity contribution in [3.8, 4) is 0 Å². The third kappa shape index (κ3) is 5.43. The van der Waals surface area contributed by atoms with Crippen molar-refractivity contribution in [2.24, 2.45) is 0 Å². The summed E-state index contributed by atoms with van der Waals surface area (Å²) in [4.78, 5) is 32.0. The first kappa shape index (κ1) is 25.7. The van der Waals surface area contributed by atoms with Crippen molar-refractivity contribution in [1.82, 2.24) is 9.80 Å². The van der Waals surface area contributed by atoms with Crippen LogP contribution in [-0.4, -0.2) is 60.8 Å². The van der Waals surface area contributed by atoms with E-state index in [2.05, 4.69) is 41.0 Å². The minimum absolute atomic E-state index is 0. The minimum atomic E-state index is 0. The van der Waals surface area contributed by atoms with Crippen molar-refractivity contribution >= 4 is 42.2 Å². The standard InChI is InChI=1S/C26H31N3O2.2ClH/c1-19-5-2-3-6-21(19)18-28-13-11-27(12-14-28)10-8-24(30)22-15-20-7-4-9-29-25(31)17-23(16-22)26(20)29;;/h2-3,5-6,15-16H,4,7-14,17-18H2,1H3;2*1H. The zero-order valence-electron chi connectivity index (χ0n) is 19.2. The Labute approximate surface area is 208 Å². The van der Waals surface area contributed by atoms with Crippen molar-refractivity contribution in [3.05, 3.63) is 64.2 Å². The predicted octanol–water partition coefficient (Wildman–Crippen LogP) is 4.06. The lowest BCUT2D eigenvalue weighted by Gasteiger charge is -2.34. The van der Waals surface area contributed by atoms with Crippen LogP contribution in [0.5, 0.6) is 0 Å². The summed E-state index contributed by atoms with van der Waals surface area (Å²) in [6, 6.07) is 12.6. The van der Waals surface area contributed by atoms with Crippen LogP contribution in [-0.2, 0) is 24.2 Å². The zero-order chi connectivity index (χ0) is 21.4. The van der Waals surface area contributed by atoms with Gasteiger partial charge in [-0.15, -0.1) is 24.8 Å². The van der Waals surface area contributed by atoms with Gasteiger partial charge in [0.15, 0.2) is 5.78 Å². The fraction of sp³-hybridized carbons (Fsp3) is 0.462. The third-order valence-electron chi connectivity index (χ3n) is 7.11. The molecule has 1 amide bonds. The molecule has 0 aliphatic carbocycles. The molecule has 0 aromatic heterocycles. The number of carbonyl (C=O) groups excluding carboxylic acids is 2. The van der Waals surface area contributed by atoms with Crippen LogP contribution in [0.3, 0.4) is 0 Å². The number of aryl methyl sites for hydroxylation is 2. The van der Waals surface area contributed by atoms with Crippen molar-refractivity contribution in [2.45, 2.75) is 39.2 Å². The lowest BCUT2D eigenvalue weighted by atomic mass is 9.94. The molecule has 7 heteroatoms. The first-order valence-electron chi connectivity index (χ1n) is 11.6. The van der Waals surface area contributed by atoms with E-state index in [1.54, 1.807) is 0 Å². The van der Waals surface area contributed by atoms with Gasteiger partial charge in [0.05, 0.1) is 12.1 Å². The summed E-state index contributed by atoms with van der Waals surface area (Å²) in [6.07, 6.45) is 2.96. The smallest absolute Gasteiger partial charge is 0.231 e. The normalized spacial score (nSPS) is 17.8. The molecule has 5 rings (SSSR count). The van der Waals surface area contributed by atoms with Crippen LogP contribution in [0.4, 0.5) is 5.69 Å². The van der Waals surface area contributed by atoms with E-state index < -0.39 is 0 Å². The van der Waals surface area contributed by atoms with Gasteiger partial charge in [-0.05, 0) is 54.2 Å². The molecule has 3 aliphatic heterocycles. The average molecular weight is 490 g/mol. The number of Topliss-reactive ketones (excluding diaryl/α,β-unsaturated/α-hetero) is 1. The molecule has 3 heterocycles. The number of carbonyl (C=O) groups is 2. The fourth-order valence-electron chi connectivity index (χ4n) is 5.24. The van der Waals surface area contributed by atoms with Gasteiger partial charge >= 0.3 is 0 Å². The molecule has 178 valence electrons. The van der Waals surface area contributed by atoms with Crippen molar-refractivity contribution < 1.29 is 9.59 Å². The number of anilines is 1. The maximum absolute atomic E-state index is 12.9. The Balaban J connectivity index is 0.00000153. The van der Waals surface area contributed by atoms with Crippen LogP contribution >= 0.6 is 24.8 Å². The zero-order valence-corrected chi connectivity index (χ0v) is 20.8. The number of halogens is 2. The number of piperazine rings is 1. The monoisotopic (exact) mass is 489 g/mol. The molecule has 0 radical (unpaired) electrons. The first-order valence-corrected chi connectivity index (χ1v) is 11.6. The Hall–Kier alpha value is -1.92. The fourth-order valence-corrected chi connectivity index (χ4v) is 5.24. The maximum atomic E-state index is 12.9. The Bertz CT molecular complexity index is 1020. The molecule has 0 atom stereocenters. The van der Waals surface area contributed by atoms with Gasteiger partial charge in [0.25, 0.3) is 0 Å². The second-order valence-electron chi connectivity index (χ2n) is 9.19. The highest BCUT2D eigenvalue weighted by molar-refractivity contribution is 6.05. The van der Waals surface area contributed by atoms with Crippen LogP contribution in [0, 0.1) is 6.92 Å². The van der Waals surface area contributed by atoms with Crippen molar-refractivity contribution in [1.29, 1.82) is 0 Å². The summed E-state index contributed by atoms with van der Waals surface area (Å²) in [5, 5.41) is 0. The van der Waals surface area contributed by atoms with E-state index >= 15 is 0 Å². The minimum Gasteiger partial charge on any atom is -0.312 e. The largest absolute Gasteiger partial charge is 0.312 e. The lowest BCUT2D eigenvalue weighted by molar-refractivity contribution is -0.117. The molecular weight excluding hydrogens is 457 g/mol. The maximum Gasteiger partial charge on any atom is 0.231 e. The average Bonchev–Trinajstić information content (AvgIpc) is 3.11. The summed E-state index contributed by atoms with van der Waals surface area (Å²) in [5.41, 5.74) is 6.89. The van der Waals surface area contributed by atoms with Gasteiger partial charge in [-0.25, -0.2) is 0 Å². The summed E-state index contributed by atoms with van der Waals surface area (Å²) in [5.74, 6) is 0.391. The molecule has 0 spiro atoms. The third-order valence-corrected chi connectivity index (χ3v) is 7.11. The topological polar surface area (TPSA) is 43.9 Å². The van der Waals surface area contributed by atoms with E-state index in [0.29, 0.717) is 12.8 Å². The lowest BCUT2D eigenvalue weighted by Crippen LogP contribution is -2.46. The Morgan fingerprint density at radius 1 is 0.939 bits per heavy atom. The van der Waals surface area contributed by atoms with Crippen LogP contribution in [0.15, 0.2) is 36.4 Å². The second-order valence-corrected chi connectivity index (χ2v) is 9.19. The number of hydrogen-bond donors (Lipinski definition) is 0. The van der Waals surface area contributed by atoms with Gasteiger partial charge in [0, 0.05) is 57.8 Å². The van der Waals surface area contributed by atoms with Crippen LogP contribution in [0.2, 0.25) is 0 Å². The molecule has 2 aromatic rings. The highest BCUT2D eigenvalue weighted by atomic mass is 35.5. The molecule has 0 bridgehead atoms. The number of nitrogens with zero attached hydrogens (tertiary/aromatic N) is 3. The van der Waals surface area contributed by atoms with E-state index in [0.717, 1.165) is 75.5 Å². The van der Waals surface area contributed by atoms with Gasteiger partial charge in [-0.2, -0.15) is 0 Å². The molecule has 1 fully saturated rings. The Morgan fingerprint density at radius 3 is 2.39 bits per heavy atom. The van der Waals surface area contributed by atoms with Gasteiger partial charge in [0.1, 0.15) is 0 Å². The quantitative estimate of drug-likeness (QED) is 0.573. The molecular formula is C26H33Cl2N3O2. The summed E-state index contributed by atoms with van der Waals surface area (Å²) >= 11 is 0. The summed E-state index contributed by atoms with van der Waals surface area (Å²) < 4.78 is 0. The van der Waals surface area contributed by atoms with Crippen LogP contribution in [0.25, 0.3) is 0 Å². The van der Waals surface area contributed by atoms with E-state index in [1.165, 1.54) is 16.7 Å². The van der Waals surface area contributed by atoms with E-state index in [9.17, 15) is 9.59 Å². The van der Waals surface area contributed by atoms with E-state index in [-0.39, 0.29) is 36.5 Å². The SMILES string of the molecule is Cc1ccccc1CN1CCN(CCC(=O)c2cc3c4c(c2)CC(=O)N4CCC3)CC1.Cl.Cl. The summed E-state index contributed by atoms with van der Waals surface area (Å²) in [7, 11) is 0. The molecule has 1 saturated heterocycles. The first-order chi connectivity index (χ1) is 15.1. The van der Waals surface area contributed by atoms with Crippen LogP contribution < -0.4 is 4.90 Å². The molecule has 3 aliphatic rings. The molecule has 5 nitrogen and oxygen atoms in total. The molecule has 0 saturated carbocycles.